The molecule has 0 saturated heterocycles. The largest absolute Gasteiger partial charge is 0.492 e. The van der Waals surface area contributed by atoms with E-state index in [-0.39, 0.29) is 0 Å². The molecule has 1 aromatic rings. The fourth-order valence-corrected chi connectivity index (χ4v) is 1.94. The third kappa shape index (κ3) is 6.89. The van der Waals surface area contributed by atoms with Gasteiger partial charge in [-0.05, 0) is 30.8 Å². The molecule has 4 heteroatoms. The van der Waals surface area contributed by atoms with Gasteiger partial charge in [-0.15, -0.1) is 0 Å². The molecule has 0 amide bonds. The molecule has 114 valence electrons. The molecule has 0 saturated carbocycles. The molecule has 1 rings (SSSR count). The Labute approximate surface area is 123 Å². The number of hydrogen-bond acceptors (Lipinski definition) is 4. The number of nitrogens with zero attached hydrogens (tertiary/aromatic N) is 1. The van der Waals surface area contributed by atoms with Gasteiger partial charge >= 0.3 is 0 Å². The van der Waals surface area contributed by atoms with E-state index < -0.39 is 0 Å². The van der Waals surface area contributed by atoms with Gasteiger partial charge in [-0.1, -0.05) is 26.0 Å². The highest BCUT2D eigenvalue weighted by molar-refractivity contribution is 5.27. The van der Waals surface area contributed by atoms with Crippen LogP contribution in [0.4, 0.5) is 0 Å². The molecular weight excluding hydrogens is 252 g/mol. The van der Waals surface area contributed by atoms with Gasteiger partial charge < -0.3 is 19.7 Å². The lowest BCUT2D eigenvalue weighted by Crippen LogP contribution is -2.27. The highest BCUT2D eigenvalue weighted by atomic mass is 16.5. The summed E-state index contributed by atoms with van der Waals surface area (Å²) in [5.41, 5.74) is 1.26. The summed E-state index contributed by atoms with van der Waals surface area (Å²) in [6.45, 7) is 10.7. The zero-order valence-corrected chi connectivity index (χ0v) is 13.0. The van der Waals surface area contributed by atoms with E-state index in [2.05, 4.69) is 36.2 Å². The molecule has 0 spiro atoms. The Balaban J connectivity index is 2.24. The molecular formula is C16H28N2O2. The highest BCUT2D eigenvalue weighted by Gasteiger charge is 2.00. The van der Waals surface area contributed by atoms with Gasteiger partial charge in [0.2, 0.25) is 0 Å². The van der Waals surface area contributed by atoms with Crippen LogP contribution in [-0.4, -0.2) is 51.4 Å². The maximum absolute atomic E-state index is 5.76. The molecule has 0 aliphatic heterocycles. The number of methoxy groups -OCH3 is 1. The molecule has 0 aliphatic rings. The second-order valence-electron chi connectivity index (χ2n) is 4.69. The molecule has 0 unspecified atom stereocenters. The Bertz CT molecular complexity index is 337. The summed E-state index contributed by atoms with van der Waals surface area (Å²) in [4.78, 5) is 2.36. The predicted octanol–water partition coefficient (Wildman–Crippen LogP) is 2.14. The first-order chi connectivity index (χ1) is 9.80. The van der Waals surface area contributed by atoms with Crippen molar-refractivity contribution in [1.29, 1.82) is 0 Å². The van der Waals surface area contributed by atoms with Crippen LogP contribution >= 0.6 is 0 Å². The van der Waals surface area contributed by atoms with Crippen LogP contribution in [0.5, 0.6) is 5.75 Å². The standard InChI is InChI=1S/C16H28N2O2/c1-4-18(5-2)11-13-20-16-8-6-15(7-9-16)14-17-10-12-19-3/h6-9,17H,4-5,10-14H2,1-3H3. The van der Waals surface area contributed by atoms with Crippen LogP contribution in [0.25, 0.3) is 0 Å². The smallest absolute Gasteiger partial charge is 0.119 e. The van der Waals surface area contributed by atoms with E-state index in [0.717, 1.165) is 51.7 Å². The zero-order valence-electron chi connectivity index (χ0n) is 13.0. The summed E-state index contributed by atoms with van der Waals surface area (Å²) in [6.07, 6.45) is 0. The first kappa shape index (κ1) is 17.0. The molecule has 0 radical (unpaired) electrons. The van der Waals surface area contributed by atoms with E-state index in [1.54, 1.807) is 7.11 Å². The first-order valence-electron chi connectivity index (χ1n) is 7.43. The highest BCUT2D eigenvalue weighted by Crippen LogP contribution is 2.12. The zero-order chi connectivity index (χ0) is 14.6. The molecule has 0 aliphatic carbocycles. The number of nitrogens with one attached hydrogen (secondary N) is 1. The van der Waals surface area contributed by atoms with Crippen LogP contribution in [0.15, 0.2) is 24.3 Å². The summed E-state index contributed by atoms with van der Waals surface area (Å²) in [6, 6.07) is 8.28. The van der Waals surface area contributed by atoms with Crippen molar-refractivity contribution in [2.24, 2.45) is 0 Å². The van der Waals surface area contributed by atoms with Crippen LogP contribution in [0.2, 0.25) is 0 Å². The molecule has 0 fully saturated rings. The minimum atomic E-state index is 0.743. The van der Waals surface area contributed by atoms with Gasteiger partial charge in [-0.25, -0.2) is 0 Å². The summed E-state index contributed by atoms with van der Waals surface area (Å²) in [5.74, 6) is 0.942. The normalized spacial score (nSPS) is 11.0. The summed E-state index contributed by atoms with van der Waals surface area (Å²) in [5, 5.41) is 3.32. The van der Waals surface area contributed by atoms with Gasteiger partial charge in [-0.2, -0.15) is 0 Å². The van der Waals surface area contributed by atoms with Crippen molar-refractivity contribution in [2.45, 2.75) is 20.4 Å². The number of benzene rings is 1. The van der Waals surface area contributed by atoms with Gasteiger partial charge in [0.25, 0.3) is 0 Å². The number of rotatable bonds is 11. The van der Waals surface area contributed by atoms with E-state index in [1.807, 2.05) is 12.1 Å². The summed E-state index contributed by atoms with van der Waals surface area (Å²) < 4.78 is 10.8. The third-order valence-corrected chi connectivity index (χ3v) is 3.31. The average molecular weight is 280 g/mol. The Morgan fingerprint density at radius 1 is 1.05 bits per heavy atom. The van der Waals surface area contributed by atoms with Crippen LogP contribution in [0.3, 0.4) is 0 Å². The lowest BCUT2D eigenvalue weighted by atomic mass is 10.2. The molecule has 0 heterocycles. The van der Waals surface area contributed by atoms with E-state index in [9.17, 15) is 0 Å². The van der Waals surface area contributed by atoms with E-state index in [0.29, 0.717) is 0 Å². The van der Waals surface area contributed by atoms with Crippen molar-refractivity contribution in [1.82, 2.24) is 10.2 Å². The molecule has 4 nitrogen and oxygen atoms in total. The van der Waals surface area contributed by atoms with Crippen LogP contribution in [0.1, 0.15) is 19.4 Å². The quantitative estimate of drug-likeness (QED) is 0.630. The minimum absolute atomic E-state index is 0.743. The van der Waals surface area contributed by atoms with E-state index in [1.165, 1.54) is 5.56 Å². The lowest BCUT2D eigenvalue weighted by Gasteiger charge is -2.18. The topological polar surface area (TPSA) is 33.7 Å². The number of ether oxygens (including phenoxy) is 2. The monoisotopic (exact) mass is 280 g/mol. The summed E-state index contributed by atoms with van der Waals surface area (Å²) >= 11 is 0. The fourth-order valence-electron chi connectivity index (χ4n) is 1.94. The van der Waals surface area contributed by atoms with Crippen LogP contribution in [0, 0.1) is 0 Å². The van der Waals surface area contributed by atoms with Crippen molar-refractivity contribution < 1.29 is 9.47 Å². The molecule has 0 aromatic heterocycles. The maximum atomic E-state index is 5.76. The SMILES string of the molecule is CCN(CC)CCOc1ccc(CNCCOC)cc1. The first-order valence-corrected chi connectivity index (χ1v) is 7.43. The van der Waals surface area contributed by atoms with Gasteiger partial charge in [0.05, 0.1) is 6.61 Å². The molecule has 0 atom stereocenters. The lowest BCUT2D eigenvalue weighted by molar-refractivity contribution is 0.199. The Kier molecular flexibility index (Phi) is 9.04. The number of likely N-dealkylation sites (N-methyl/N-ethyl adjacent to an activating group) is 1. The van der Waals surface area contributed by atoms with Crippen molar-refractivity contribution in [2.75, 3.05) is 46.5 Å². The van der Waals surface area contributed by atoms with Crippen molar-refractivity contribution >= 4 is 0 Å². The molecule has 0 bridgehead atoms. The molecule has 1 N–H and O–H groups in total. The average Bonchev–Trinajstić information content (AvgIpc) is 2.49. The van der Waals surface area contributed by atoms with Crippen molar-refractivity contribution in [3.8, 4) is 5.75 Å². The Morgan fingerprint density at radius 3 is 2.35 bits per heavy atom. The third-order valence-electron chi connectivity index (χ3n) is 3.31. The molecule has 20 heavy (non-hydrogen) atoms. The van der Waals surface area contributed by atoms with Crippen molar-refractivity contribution in [3.05, 3.63) is 29.8 Å². The minimum Gasteiger partial charge on any atom is -0.492 e. The van der Waals surface area contributed by atoms with Gasteiger partial charge in [0, 0.05) is 26.7 Å². The van der Waals surface area contributed by atoms with Crippen LogP contribution in [-0.2, 0) is 11.3 Å². The maximum Gasteiger partial charge on any atom is 0.119 e. The number of hydrogen-bond donors (Lipinski definition) is 1. The van der Waals surface area contributed by atoms with Crippen LogP contribution < -0.4 is 10.1 Å². The second kappa shape index (κ2) is 10.7. The summed E-state index contributed by atoms with van der Waals surface area (Å²) in [7, 11) is 1.71. The predicted molar refractivity (Wildman–Crippen MR) is 83.3 cm³/mol. The Morgan fingerprint density at radius 2 is 1.75 bits per heavy atom. The van der Waals surface area contributed by atoms with Gasteiger partial charge in [-0.3, -0.25) is 0 Å². The fraction of sp³-hybridized carbons (Fsp3) is 0.625. The van der Waals surface area contributed by atoms with Crippen molar-refractivity contribution in [3.63, 3.8) is 0 Å². The van der Waals surface area contributed by atoms with Gasteiger partial charge in [0.15, 0.2) is 0 Å². The molecule has 1 aromatic carbocycles. The van der Waals surface area contributed by atoms with E-state index in [4.69, 9.17) is 9.47 Å². The van der Waals surface area contributed by atoms with Gasteiger partial charge in [0.1, 0.15) is 12.4 Å². The second-order valence-corrected chi connectivity index (χ2v) is 4.69. The van der Waals surface area contributed by atoms with E-state index >= 15 is 0 Å². The Hall–Kier alpha value is -1.10.